The molecular weight excluding hydrogens is 210 g/mol. The van der Waals surface area contributed by atoms with Crippen molar-refractivity contribution in [3.05, 3.63) is 0 Å². The Morgan fingerprint density at radius 2 is 2.00 bits per heavy atom. The highest BCUT2D eigenvalue weighted by molar-refractivity contribution is 6.38. The molecule has 0 aliphatic rings. The number of hydrogen-bond acceptors (Lipinski definition) is 5. The first-order chi connectivity index (χ1) is 7.32. The molecule has 0 radical (unpaired) electrons. The van der Waals surface area contributed by atoms with E-state index in [1.807, 2.05) is 5.43 Å². The summed E-state index contributed by atoms with van der Waals surface area (Å²) in [6.07, 6.45) is 0. The van der Waals surface area contributed by atoms with Gasteiger partial charge >= 0.3 is 11.9 Å². The number of hydrogen-bond donors (Lipinski definition) is 1. The second kappa shape index (κ2) is 5.85. The molecule has 0 aromatic heterocycles. The van der Waals surface area contributed by atoms with Crippen molar-refractivity contribution in [2.24, 2.45) is 10.5 Å². The van der Waals surface area contributed by atoms with E-state index in [4.69, 9.17) is 10.00 Å². The Bertz CT molecular complexity index is 347. The monoisotopic (exact) mass is 225 g/mol. The van der Waals surface area contributed by atoms with Gasteiger partial charge < -0.3 is 4.74 Å². The van der Waals surface area contributed by atoms with Crippen LogP contribution in [0.2, 0.25) is 0 Å². The molecule has 6 heteroatoms. The van der Waals surface area contributed by atoms with Crippen LogP contribution in [0.3, 0.4) is 0 Å². The van der Waals surface area contributed by atoms with Crippen molar-refractivity contribution in [2.75, 3.05) is 6.61 Å². The third-order valence-corrected chi connectivity index (χ3v) is 1.55. The van der Waals surface area contributed by atoms with Gasteiger partial charge in [-0.15, -0.1) is 0 Å². The standard InChI is InChI=1S/C10H15N3O3/c1-5-16-9(15)8(10(2,3)4)13-12-7(14)6-11/h5H2,1-4H3,(H,12,14)/b13-8+. The predicted octanol–water partition coefficient (Wildman–Crippen LogP) is 0.591. The Labute approximate surface area is 94.3 Å². The van der Waals surface area contributed by atoms with Crippen LogP contribution in [0.5, 0.6) is 0 Å². The van der Waals surface area contributed by atoms with Crippen molar-refractivity contribution < 1.29 is 14.3 Å². The van der Waals surface area contributed by atoms with E-state index in [1.54, 1.807) is 27.7 Å². The third-order valence-electron chi connectivity index (χ3n) is 1.55. The number of nitriles is 1. The first kappa shape index (κ1) is 14.1. The van der Waals surface area contributed by atoms with E-state index < -0.39 is 17.3 Å². The average molecular weight is 225 g/mol. The number of amides is 1. The second-order valence-electron chi connectivity index (χ2n) is 3.98. The van der Waals surface area contributed by atoms with Crippen LogP contribution in [0, 0.1) is 16.7 Å². The quantitative estimate of drug-likeness (QED) is 0.329. The lowest BCUT2D eigenvalue weighted by atomic mass is 9.90. The minimum absolute atomic E-state index is 0.0675. The molecule has 0 fully saturated rings. The third kappa shape index (κ3) is 4.55. The Morgan fingerprint density at radius 1 is 1.44 bits per heavy atom. The lowest BCUT2D eigenvalue weighted by molar-refractivity contribution is -0.135. The second-order valence-corrected chi connectivity index (χ2v) is 3.98. The maximum atomic E-state index is 11.5. The molecule has 88 valence electrons. The zero-order chi connectivity index (χ0) is 12.8. The summed E-state index contributed by atoms with van der Waals surface area (Å²) in [5, 5.41) is 11.8. The first-order valence-corrected chi connectivity index (χ1v) is 4.78. The van der Waals surface area contributed by atoms with E-state index in [9.17, 15) is 9.59 Å². The van der Waals surface area contributed by atoms with Gasteiger partial charge in [0.1, 0.15) is 0 Å². The van der Waals surface area contributed by atoms with Gasteiger partial charge in [0.05, 0.1) is 6.61 Å². The summed E-state index contributed by atoms with van der Waals surface area (Å²) >= 11 is 0. The molecule has 0 aliphatic heterocycles. The van der Waals surface area contributed by atoms with Crippen LogP contribution in [-0.2, 0) is 14.3 Å². The molecule has 1 N–H and O–H groups in total. The van der Waals surface area contributed by atoms with Gasteiger partial charge in [-0.05, 0) is 6.92 Å². The molecule has 0 bridgehead atoms. The first-order valence-electron chi connectivity index (χ1n) is 4.78. The van der Waals surface area contributed by atoms with Crippen molar-refractivity contribution in [2.45, 2.75) is 27.7 Å². The number of rotatable bonds is 3. The molecule has 6 nitrogen and oxygen atoms in total. The Kier molecular flexibility index (Phi) is 5.16. The van der Waals surface area contributed by atoms with Crippen molar-refractivity contribution in [3.8, 4) is 6.07 Å². The van der Waals surface area contributed by atoms with E-state index in [-0.39, 0.29) is 12.3 Å². The predicted molar refractivity (Wildman–Crippen MR) is 57.3 cm³/mol. The number of hydrazone groups is 1. The van der Waals surface area contributed by atoms with Crippen molar-refractivity contribution >= 4 is 17.6 Å². The molecule has 0 rings (SSSR count). The summed E-state index contributed by atoms with van der Waals surface area (Å²) in [6, 6.07) is 1.33. The number of nitrogens with one attached hydrogen (secondary N) is 1. The molecule has 0 heterocycles. The maximum Gasteiger partial charge on any atom is 0.355 e. The summed E-state index contributed by atoms with van der Waals surface area (Å²) in [5.41, 5.74) is 1.46. The summed E-state index contributed by atoms with van der Waals surface area (Å²) < 4.78 is 4.79. The van der Waals surface area contributed by atoms with Crippen molar-refractivity contribution in [1.29, 1.82) is 5.26 Å². The number of ether oxygens (including phenoxy) is 1. The van der Waals surface area contributed by atoms with Gasteiger partial charge in [0.25, 0.3) is 0 Å². The molecule has 16 heavy (non-hydrogen) atoms. The van der Waals surface area contributed by atoms with E-state index in [0.717, 1.165) is 0 Å². The van der Waals surface area contributed by atoms with Crippen LogP contribution >= 0.6 is 0 Å². The number of nitrogens with zero attached hydrogens (tertiary/aromatic N) is 2. The largest absolute Gasteiger partial charge is 0.461 e. The van der Waals surface area contributed by atoms with Crippen molar-refractivity contribution in [1.82, 2.24) is 5.43 Å². The minimum atomic E-state index is -0.925. The molecular formula is C10H15N3O3. The van der Waals surface area contributed by atoms with Crippen LogP contribution in [0.25, 0.3) is 0 Å². The molecule has 1 amide bonds. The fourth-order valence-electron chi connectivity index (χ4n) is 0.851. The van der Waals surface area contributed by atoms with Crippen LogP contribution in [0.4, 0.5) is 0 Å². The van der Waals surface area contributed by atoms with Crippen molar-refractivity contribution in [3.63, 3.8) is 0 Å². The SMILES string of the molecule is CCOC(=O)/C(=N\NC(=O)C#N)C(C)(C)C. The van der Waals surface area contributed by atoms with E-state index >= 15 is 0 Å². The highest BCUT2D eigenvalue weighted by atomic mass is 16.5. The molecule has 0 atom stereocenters. The van der Waals surface area contributed by atoms with E-state index in [1.165, 1.54) is 6.07 Å². The lowest BCUT2D eigenvalue weighted by Gasteiger charge is -2.19. The fraction of sp³-hybridized carbons (Fsp3) is 0.600. The maximum absolute atomic E-state index is 11.5. The molecule has 0 saturated carbocycles. The van der Waals surface area contributed by atoms with Crippen LogP contribution in [-0.4, -0.2) is 24.2 Å². The van der Waals surface area contributed by atoms with E-state index in [2.05, 4.69) is 5.10 Å². The van der Waals surface area contributed by atoms with Gasteiger partial charge in [-0.2, -0.15) is 10.4 Å². The van der Waals surface area contributed by atoms with Gasteiger partial charge in [-0.1, -0.05) is 20.8 Å². The van der Waals surface area contributed by atoms with E-state index in [0.29, 0.717) is 0 Å². The highest BCUT2D eigenvalue weighted by Gasteiger charge is 2.27. The molecule has 0 unspecified atom stereocenters. The van der Waals surface area contributed by atoms with Gasteiger partial charge in [-0.3, -0.25) is 4.79 Å². The minimum Gasteiger partial charge on any atom is -0.461 e. The smallest absolute Gasteiger partial charge is 0.355 e. The molecule has 0 saturated heterocycles. The Balaban J connectivity index is 4.90. The average Bonchev–Trinajstić information content (AvgIpc) is 2.16. The Morgan fingerprint density at radius 3 is 2.38 bits per heavy atom. The lowest BCUT2D eigenvalue weighted by Crippen LogP contribution is -2.33. The molecule has 0 aliphatic carbocycles. The number of carbonyl (C=O) groups excluding carboxylic acids is 2. The normalized spacial score (nSPS) is 11.6. The molecule has 0 aromatic carbocycles. The summed E-state index contributed by atoms with van der Waals surface area (Å²) in [7, 11) is 0. The number of carbonyl (C=O) groups is 2. The summed E-state index contributed by atoms with van der Waals surface area (Å²) in [5.74, 6) is -1.53. The summed E-state index contributed by atoms with van der Waals surface area (Å²) in [4.78, 5) is 22.2. The fourth-order valence-corrected chi connectivity index (χ4v) is 0.851. The zero-order valence-corrected chi connectivity index (χ0v) is 9.83. The van der Waals surface area contributed by atoms with Crippen LogP contribution in [0.1, 0.15) is 27.7 Å². The highest BCUT2D eigenvalue weighted by Crippen LogP contribution is 2.16. The van der Waals surface area contributed by atoms with Gasteiger partial charge in [-0.25, -0.2) is 10.2 Å². The Hall–Kier alpha value is -1.90. The van der Waals surface area contributed by atoms with Crippen LogP contribution in [0.15, 0.2) is 5.10 Å². The number of esters is 1. The molecule has 0 spiro atoms. The van der Waals surface area contributed by atoms with Gasteiger partial charge in [0.2, 0.25) is 0 Å². The topological polar surface area (TPSA) is 91.5 Å². The van der Waals surface area contributed by atoms with Crippen LogP contribution < -0.4 is 5.43 Å². The zero-order valence-electron chi connectivity index (χ0n) is 9.83. The van der Waals surface area contributed by atoms with Gasteiger partial charge in [0.15, 0.2) is 11.8 Å². The summed E-state index contributed by atoms with van der Waals surface area (Å²) in [6.45, 7) is 7.15. The van der Waals surface area contributed by atoms with Gasteiger partial charge in [0, 0.05) is 5.41 Å². The molecule has 0 aromatic rings.